The van der Waals surface area contributed by atoms with Crippen molar-refractivity contribution in [2.45, 2.75) is 12.6 Å². The third kappa shape index (κ3) is 3.73. The van der Waals surface area contributed by atoms with Crippen molar-refractivity contribution in [2.75, 3.05) is 0 Å². The Labute approximate surface area is 183 Å². The number of imidazole rings is 2. The summed E-state index contributed by atoms with van der Waals surface area (Å²) < 4.78 is 40.7. The average molecular weight is 462 g/mol. The largest absolute Gasteiger partial charge is 0.416 e. The molecule has 10 heteroatoms. The highest BCUT2D eigenvalue weighted by Crippen LogP contribution is 2.35. The van der Waals surface area contributed by atoms with E-state index in [1.54, 1.807) is 28.7 Å². The third-order valence-electron chi connectivity index (χ3n) is 4.82. The smallest absolute Gasteiger partial charge is 0.340 e. The van der Waals surface area contributed by atoms with Gasteiger partial charge in [0, 0.05) is 18.2 Å². The molecule has 0 atom stereocenters. The van der Waals surface area contributed by atoms with Gasteiger partial charge >= 0.3 is 6.18 Å². The van der Waals surface area contributed by atoms with Gasteiger partial charge in [-0.3, -0.25) is 4.40 Å². The van der Waals surface area contributed by atoms with Crippen molar-refractivity contribution >= 4 is 40.0 Å². The van der Waals surface area contributed by atoms with E-state index in [1.807, 2.05) is 12.3 Å². The monoisotopic (exact) mass is 461 g/mol. The Kier molecular flexibility index (Phi) is 4.64. The number of hydrogen-bond acceptors (Lipinski definition) is 3. The Hall–Kier alpha value is -3.10. The van der Waals surface area contributed by atoms with Crippen molar-refractivity contribution in [3.63, 3.8) is 0 Å². The second kappa shape index (κ2) is 7.25. The topological polar surface area (TPSA) is 58.9 Å². The fourth-order valence-corrected chi connectivity index (χ4v) is 3.86. The van der Waals surface area contributed by atoms with Gasteiger partial charge < -0.3 is 4.98 Å². The van der Waals surface area contributed by atoms with Crippen LogP contribution in [0.3, 0.4) is 0 Å². The maximum absolute atomic E-state index is 13.0. The van der Waals surface area contributed by atoms with Crippen LogP contribution in [0.5, 0.6) is 0 Å². The molecular formula is C21H12Cl2F3N5. The lowest BCUT2D eigenvalue weighted by Crippen LogP contribution is -2.04. The number of benzene rings is 1. The minimum atomic E-state index is -4.46. The molecule has 0 bridgehead atoms. The van der Waals surface area contributed by atoms with E-state index in [0.717, 1.165) is 23.3 Å². The van der Waals surface area contributed by atoms with Gasteiger partial charge in [0.1, 0.15) is 16.6 Å². The van der Waals surface area contributed by atoms with E-state index in [-0.39, 0.29) is 5.02 Å². The van der Waals surface area contributed by atoms with Gasteiger partial charge in [-0.15, -0.1) is 0 Å². The summed E-state index contributed by atoms with van der Waals surface area (Å²) in [7, 11) is 0. The molecule has 0 aliphatic carbocycles. The fraction of sp³-hybridized carbons (Fsp3) is 0.0952. The van der Waals surface area contributed by atoms with Gasteiger partial charge in [-0.05, 0) is 36.4 Å². The van der Waals surface area contributed by atoms with Gasteiger partial charge in [-0.25, -0.2) is 15.0 Å². The highest BCUT2D eigenvalue weighted by molar-refractivity contribution is 6.33. The van der Waals surface area contributed by atoms with Crippen LogP contribution >= 0.6 is 23.2 Å². The first-order valence-corrected chi connectivity index (χ1v) is 9.89. The number of pyridine rings is 2. The standard InChI is InChI=1S/C21H12Cl2F3N5/c22-14-8-11(21(24,25)26)4-5-13(14)16-2-1-3-19-27-12(10-31(16)19)9-18-28-15-6-7-17(23)29-20(15)30-18/h1-8,10H,9H2,(H,28,29,30). The van der Waals surface area contributed by atoms with Crippen LogP contribution in [0.1, 0.15) is 17.1 Å². The van der Waals surface area contributed by atoms with Crippen LogP contribution in [0.4, 0.5) is 13.2 Å². The van der Waals surface area contributed by atoms with Gasteiger partial charge in [-0.2, -0.15) is 13.2 Å². The molecule has 4 heterocycles. The lowest BCUT2D eigenvalue weighted by Gasteiger charge is -2.11. The first-order valence-electron chi connectivity index (χ1n) is 9.13. The summed E-state index contributed by atoms with van der Waals surface area (Å²) in [4.78, 5) is 16.4. The molecule has 0 spiro atoms. The zero-order valence-electron chi connectivity index (χ0n) is 15.6. The third-order valence-corrected chi connectivity index (χ3v) is 5.35. The van der Waals surface area contributed by atoms with E-state index in [9.17, 15) is 13.2 Å². The molecular weight excluding hydrogens is 450 g/mol. The Morgan fingerprint density at radius 3 is 2.58 bits per heavy atom. The molecule has 4 aromatic heterocycles. The molecule has 0 unspecified atom stereocenters. The maximum Gasteiger partial charge on any atom is 0.416 e. The van der Waals surface area contributed by atoms with Crippen LogP contribution in [0, 0.1) is 0 Å². The Balaban J connectivity index is 1.53. The molecule has 0 saturated heterocycles. The van der Waals surface area contributed by atoms with E-state index in [4.69, 9.17) is 23.2 Å². The minimum Gasteiger partial charge on any atom is -0.340 e. The summed E-state index contributed by atoms with van der Waals surface area (Å²) in [6.07, 6.45) is -2.23. The zero-order chi connectivity index (χ0) is 21.8. The number of halogens is 5. The molecule has 5 aromatic rings. The second-order valence-electron chi connectivity index (χ2n) is 6.93. The van der Waals surface area contributed by atoms with Gasteiger partial charge in [-0.1, -0.05) is 35.3 Å². The van der Waals surface area contributed by atoms with Gasteiger partial charge in [0.25, 0.3) is 0 Å². The number of rotatable bonds is 3. The van der Waals surface area contributed by atoms with Crippen LogP contribution in [0.15, 0.2) is 54.7 Å². The normalized spacial score (nSPS) is 12.2. The van der Waals surface area contributed by atoms with Crippen molar-refractivity contribution in [3.8, 4) is 11.3 Å². The summed E-state index contributed by atoms with van der Waals surface area (Å²) in [5, 5.41) is 0.370. The van der Waals surface area contributed by atoms with Crippen LogP contribution < -0.4 is 0 Å². The van der Waals surface area contributed by atoms with Crippen molar-refractivity contribution in [1.82, 2.24) is 24.3 Å². The van der Waals surface area contributed by atoms with E-state index >= 15 is 0 Å². The Bertz CT molecular complexity index is 1440. The highest BCUT2D eigenvalue weighted by atomic mass is 35.5. The Morgan fingerprint density at radius 1 is 0.968 bits per heavy atom. The molecule has 0 aliphatic rings. The number of aromatic amines is 1. The number of fused-ring (bicyclic) bond motifs is 2. The number of nitrogens with one attached hydrogen (secondary N) is 1. The van der Waals surface area contributed by atoms with E-state index in [2.05, 4.69) is 19.9 Å². The summed E-state index contributed by atoms with van der Waals surface area (Å²) in [6.45, 7) is 0. The molecule has 5 rings (SSSR count). The molecule has 0 amide bonds. The summed E-state index contributed by atoms with van der Waals surface area (Å²) in [5.74, 6) is 0.669. The van der Waals surface area contributed by atoms with E-state index < -0.39 is 11.7 Å². The number of aromatic nitrogens is 5. The average Bonchev–Trinajstić information content (AvgIpc) is 3.29. The maximum atomic E-state index is 13.0. The number of H-pyrrole nitrogens is 1. The lowest BCUT2D eigenvalue weighted by atomic mass is 10.1. The van der Waals surface area contributed by atoms with Crippen LogP contribution in [-0.4, -0.2) is 24.3 Å². The number of alkyl halides is 3. The fourth-order valence-electron chi connectivity index (χ4n) is 3.44. The van der Waals surface area contributed by atoms with Crippen molar-refractivity contribution in [2.24, 2.45) is 0 Å². The summed E-state index contributed by atoms with van der Waals surface area (Å²) >= 11 is 12.1. The molecule has 0 aliphatic heterocycles. The lowest BCUT2D eigenvalue weighted by molar-refractivity contribution is -0.137. The van der Waals surface area contributed by atoms with Gasteiger partial charge in [0.05, 0.1) is 27.5 Å². The molecule has 1 N–H and O–H groups in total. The SMILES string of the molecule is FC(F)(F)c1ccc(-c2cccc3nc(Cc4nc5nc(Cl)ccc5[nH]4)cn23)c(Cl)c1. The first kappa shape index (κ1) is 19.8. The quantitative estimate of drug-likeness (QED) is 0.326. The molecule has 31 heavy (non-hydrogen) atoms. The molecule has 1 aromatic carbocycles. The Morgan fingerprint density at radius 2 is 1.81 bits per heavy atom. The molecule has 0 radical (unpaired) electrons. The predicted octanol–water partition coefficient (Wildman–Crippen LogP) is 6.19. The van der Waals surface area contributed by atoms with Crippen molar-refractivity contribution in [1.29, 1.82) is 0 Å². The second-order valence-corrected chi connectivity index (χ2v) is 7.72. The van der Waals surface area contributed by atoms with Crippen molar-refractivity contribution in [3.05, 3.63) is 82.0 Å². The highest BCUT2D eigenvalue weighted by Gasteiger charge is 2.31. The number of nitrogens with zero attached hydrogens (tertiary/aromatic N) is 4. The number of hydrogen-bond donors (Lipinski definition) is 1. The van der Waals surface area contributed by atoms with Crippen LogP contribution in [0.2, 0.25) is 10.2 Å². The van der Waals surface area contributed by atoms with Gasteiger partial charge in [0.2, 0.25) is 0 Å². The molecule has 0 saturated carbocycles. The van der Waals surface area contributed by atoms with Gasteiger partial charge in [0.15, 0.2) is 5.65 Å². The first-order chi connectivity index (χ1) is 14.8. The minimum absolute atomic E-state index is 0.0119. The molecule has 0 fully saturated rings. The van der Waals surface area contributed by atoms with E-state index in [0.29, 0.717) is 40.0 Å². The summed E-state index contributed by atoms with van der Waals surface area (Å²) in [6, 6.07) is 12.2. The van der Waals surface area contributed by atoms with Crippen molar-refractivity contribution < 1.29 is 13.2 Å². The summed E-state index contributed by atoms with van der Waals surface area (Å²) in [5.41, 5.74) is 2.96. The van der Waals surface area contributed by atoms with Crippen LogP contribution in [0.25, 0.3) is 28.1 Å². The molecule has 5 nitrogen and oxygen atoms in total. The van der Waals surface area contributed by atoms with E-state index in [1.165, 1.54) is 6.07 Å². The predicted molar refractivity (Wildman–Crippen MR) is 112 cm³/mol. The zero-order valence-corrected chi connectivity index (χ0v) is 17.1. The van der Waals surface area contributed by atoms with Crippen LogP contribution in [-0.2, 0) is 12.6 Å². The molecule has 156 valence electrons.